The van der Waals surface area contributed by atoms with E-state index in [0.29, 0.717) is 5.75 Å². The number of anilines is 1. The summed E-state index contributed by atoms with van der Waals surface area (Å²) in [7, 11) is 0. The number of amides is 2. The average Bonchev–Trinajstić information content (AvgIpc) is 2.77. The molecule has 3 aromatic carbocycles. The van der Waals surface area contributed by atoms with E-state index in [0.717, 1.165) is 29.3 Å². The number of rotatable bonds is 6. The standard InChI is InChI=1S/C23H19F3N2O3/c24-23(25,26)17-9-6-10-18(15-17)28-22(30)21(29)27-13-14-31-20-12-5-4-11-19(20)16-7-2-1-3-8-16/h1-12,15H,13-14H2,(H,27,29)(H,28,30). The highest BCUT2D eigenvalue weighted by molar-refractivity contribution is 6.39. The van der Waals surface area contributed by atoms with Crippen LogP contribution in [0.1, 0.15) is 5.56 Å². The molecule has 0 saturated carbocycles. The molecule has 160 valence electrons. The Morgan fingerprint density at radius 1 is 0.839 bits per heavy atom. The molecule has 3 rings (SSSR count). The van der Waals surface area contributed by atoms with Gasteiger partial charge in [-0.2, -0.15) is 13.2 Å². The van der Waals surface area contributed by atoms with Crippen molar-refractivity contribution in [3.05, 3.63) is 84.4 Å². The Balaban J connectivity index is 1.51. The molecule has 3 aromatic rings. The van der Waals surface area contributed by atoms with Crippen molar-refractivity contribution in [2.75, 3.05) is 18.5 Å². The van der Waals surface area contributed by atoms with E-state index in [4.69, 9.17) is 4.74 Å². The molecule has 0 radical (unpaired) electrons. The van der Waals surface area contributed by atoms with Crippen LogP contribution in [0.25, 0.3) is 11.1 Å². The zero-order valence-corrected chi connectivity index (χ0v) is 16.3. The number of hydrogen-bond acceptors (Lipinski definition) is 3. The maximum atomic E-state index is 12.7. The first-order chi connectivity index (χ1) is 14.8. The summed E-state index contributed by atoms with van der Waals surface area (Å²) in [5.41, 5.74) is 0.818. The van der Waals surface area contributed by atoms with Crippen LogP contribution in [-0.4, -0.2) is 25.0 Å². The summed E-state index contributed by atoms with van der Waals surface area (Å²) in [4.78, 5) is 23.9. The van der Waals surface area contributed by atoms with Gasteiger partial charge in [0, 0.05) is 11.3 Å². The van der Waals surface area contributed by atoms with Gasteiger partial charge in [0.25, 0.3) is 0 Å². The van der Waals surface area contributed by atoms with E-state index in [9.17, 15) is 22.8 Å². The molecule has 31 heavy (non-hydrogen) atoms. The number of alkyl halides is 3. The maximum absolute atomic E-state index is 12.7. The Hall–Kier alpha value is -3.81. The Labute approximate surface area is 176 Å². The summed E-state index contributed by atoms with van der Waals surface area (Å²) in [6, 6.07) is 21.1. The Bertz CT molecular complexity index is 1050. The van der Waals surface area contributed by atoms with Crippen molar-refractivity contribution in [1.29, 1.82) is 0 Å². The molecule has 0 spiro atoms. The van der Waals surface area contributed by atoms with Gasteiger partial charge >= 0.3 is 18.0 Å². The minimum atomic E-state index is -4.55. The van der Waals surface area contributed by atoms with Crippen molar-refractivity contribution >= 4 is 17.5 Å². The molecule has 0 aliphatic rings. The second-order valence-electron chi connectivity index (χ2n) is 6.50. The van der Waals surface area contributed by atoms with Gasteiger partial charge in [0.15, 0.2) is 0 Å². The first kappa shape index (κ1) is 21.9. The van der Waals surface area contributed by atoms with Crippen LogP contribution in [0, 0.1) is 0 Å². The highest BCUT2D eigenvalue weighted by atomic mass is 19.4. The third-order valence-electron chi connectivity index (χ3n) is 4.27. The zero-order valence-electron chi connectivity index (χ0n) is 16.3. The van der Waals surface area contributed by atoms with Gasteiger partial charge in [0.1, 0.15) is 12.4 Å². The van der Waals surface area contributed by atoms with E-state index < -0.39 is 23.6 Å². The minimum absolute atomic E-state index is 0.0397. The number of ether oxygens (including phenoxy) is 1. The Morgan fingerprint density at radius 2 is 1.55 bits per heavy atom. The molecule has 0 aliphatic heterocycles. The summed E-state index contributed by atoms with van der Waals surface area (Å²) in [6.07, 6.45) is -4.55. The monoisotopic (exact) mass is 428 g/mol. The molecule has 0 saturated heterocycles. The number of carbonyl (C=O) groups excluding carboxylic acids is 2. The van der Waals surface area contributed by atoms with Gasteiger partial charge < -0.3 is 15.4 Å². The Kier molecular flexibility index (Phi) is 6.92. The number of nitrogens with one attached hydrogen (secondary N) is 2. The lowest BCUT2D eigenvalue weighted by molar-refractivity contribution is -0.137. The lowest BCUT2D eigenvalue weighted by Gasteiger charge is -2.12. The summed E-state index contributed by atoms with van der Waals surface area (Å²) in [6.45, 7) is 0.143. The molecular formula is C23H19F3N2O3. The van der Waals surface area contributed by atoms with Gasteiger partial charge in [-0.1, -0.05) is 54.6 Å². The first-order valence-corrected chi connectivity index (χ1v) is 9.38. The van der Waals surface area contributed by atoms with Crippen LogP contribution in [0.5, 0.6) is 5.75 Å². The number of benzene rings is 3. The number of carbonyl (C=O) groups is 2. The minimum Gasteiger partial charge on any atom is -0.491 e. The summed E-state index contributed by atoms with van der Waals surface area (Å²) < 4.78 is 43.9. The summed E-state index contributed by atoms with van der Waals surface area (Å²) >= 11 is 0. The zero-order chi connectivity index (χ0) is 22.3. The van der Waals surface area contributed by atoms with Crippen molar-refractivity contribution in [1.82, 2.24) is 5.32 Å². The lowest BCUT2D eigenvalue weighted by atomic mass is 10.1. The van der Waals surface area contributed by atoms with Crippen LogP contribution in [0.4, 0.5) is 18.9 Å². The quantitative estimate of drug-likeness (QED) is 0.449. The molecule has 0 atom stereocenters. The number of para-hydroxylation sites is 1. The van der Waals surface area contributed by atoms with Crippen LogP contribution in [-0.2, 0) is 15.8 Å². The molecule has 0 bridgehead atoms. The lowest BCUT2D eigenvalue weighted by Crippen LogP contribution is -2.37. The molecule has 0 aromatic heterocycles. The molecule has 2 amide bonds. The van der Waals surface area contributed by atoms with E-state index in [-0.39, 0.29) is 18.8 Å². The Morgan fingerprint density at radius 3 is 2.29 bits per heavy atom. The van der Waals surface area contributed by atoms with Gasteiger partial charge in [-0.3, -0.25) is 9.59 Å². The predicted molar refractivity (Wildman–Crippen MR) is 110 cm³/mol. The van der Waals surface area contributed by atoms with E-state index in [2.05, 4.69) is 10.6 Å². The molecule has 0 fully saturated rings. The van der Waals surface area contributed by atoms with Gasteiger partial charge in [-0.05, 0) is 29.8 Å². The van der Waals surface area contributed by atoms with Crippen LogP contribution < -0.4 is 15.4 Å². The normalized spacial score (nSPS) is 10.9. The first-order valence-electron chi connectivity index (χ1n) is 9.38. The predicted octanol–water partition coefficient (Wildman–Crippen LogP) is 4.51. The van der Waals surface area contributed by atoms with Crippen molar-refractivity contribution in [2.24, 2.45) is 0 Å². The number of halogens is 3. The maximum Gasteiger partial charge on any atom is 0.416 e. The second-order valence-corrected chi connectivity index (χ2v) is 6.50. The van der Waals surface area contributed by atoms with Crippen LogP contribution in [0.3, 0.4) is 0 Å². The average molecular weight is 428 g/mol. The van der Waals surface area contributed by atoms with E-state index >= 15 is 0 Å². The van der Waals surface area contributed by atoms with Crippen LogP contribution >= 0.6 is 0 Å². The van der Waals surface area contributed by atoms with Crippen molar-refractivity contribution in [3.63, 3.8) is 0 Å². The van der Waals surface area contributed by atoms with Crippen LogP contribution in [0.15, 0.2) is 78.9 Å². The molecule has 8 heteroatoms. The molecule has 0 unspecified atom stereocenters. The van der Waals surface area contributed by atoms with E-state index in [1.54, 1.807) is 6.07 Å². The van der Waals surface area contributed by atoms with Crippen molar-refractivity contribution in [3.8, 4) is 16.9 Å². The summed E-state index contributed by atoms with van der Waals surface area (Å²) in [5, 5.41) is 4.53. The van der Waals surface area contributed by atoms with E-state index in [1.807, 2.05) is 48.5 Å². The smallest absolute Gasteiger partial charge is 0.416 e. The molecule has 5 nitrogen and oxygen atoms in total. The fraction of sp³-hybridized carbons (Fsp3) is 0.130. The van der Waals surface area contributed by atoms with Gasteiger partial charge in [0.2, 0.25) is 0 Å². The fourth-order valence-corrected chi connectivity index (χ4v) is 2.82. The largest absolute Gasteiger partial charge is 0.491 e. The highest BCUT2D eigenvalue weighted by Gasteiger charge is 2.30. The fourth-order valence-electron chi connectivity index (χ4n) is 2.82. The van der Waals surface area contributed by atoms with Crippen molar-refractivity contribution < 1.29 is 27.5 Å². The topological polar surface area (TPSA) is 67.4 Å². The highest BCUT2D eigenvalue weighted by Crippen LogP contribution is 2.31. The molecule has 0 heterocycles. The van der Waals surface area contributed by atoms with Gasteiger partial charge in [-0.15, -0.1) is 0 Å². The SMILES string of the molecule is O=C(NCCOc1ccccc1-c1ccccc1)C(=O)Nc1cccc(C(F)(F)F)c1. The number of hydrogen-bond donors (Lipinski definition) is 2. The summed E-state index contributed by atoms with van der Waals surface area (Å²) in [5.74, 6) is -1.42. The second kappa shape index (κ2) is 9.80. The third-order valence-corrected chi connectivity index (χ3v) is 4.27. The van der Waals surface area contributed by atoms with Crippen molar-refractivity contribution in [2.45, 2.75) is 6.18 Å². The van der Waals surface area contributed by atoms with Gasteiger partial charge in [0.05, 0.1) is 12.1 Å². The van der Waals surface area contributed by atoms with Gasteiger partial charge in [-0.25, -0.2) is 0 Å². The third kappa shape index (κ3) is 6.08. The van der Waals surface area contributed by atoms with Crippen LogP contribution in [0.2, 0.25) is 0 Å². The molecule has 2 N–H and O–H groups in total. The molecule has 0 aliphatic carbocycles. The molecular weight excluding hydrogens is 409 g/mol. The van der Waals surface area contributed by atoms with E-state index in [1.165, 1.54) is 6.07 Å².